The van der Waals surface area contributed by atoms with E-state index in [0.717, 1.165) is 18.5 Å². The van der Waals surface area contributed by atoms with Gasteiger partial charge in [0.2, 0.25) is 17.8 Å². The van der Waals surface area contributed by atoms with Gasteiger partial charge in [0.05, 0.1) is 7.11 Å². The molecule has 0 fully saturated rings. The van der Waals surface area contributed by atoms with E-state index in [4.69, 9.17) is 4.18 Å². The summed E-state index contributed by atoms with van der Waals surface area (Å²) in [5.41, 5.74) is 2.59. The van der Waals surface area contributed by atoms with E-state index in [1.165, 1.54) is 6.07 Å². The zero-order chi connectivity index (χ0) is 24.7. The predicted octanol–water partition coefficient (Wildman–Crippen LogP) is 5.47. The molecule has 35 heavy (non-hydrogen) atoms. The van der Waals surface area contributed by atoms with Gasteiger partial charge in [0.1, 0.15) is 4.90 Å². The molecule has 10 heteroatoms. The van der Waals surface area contributed by atoms with E-state index >= 15 is 0 Å². The van der Waals surface area contributed by atoms with Crippen molar-refractivity contribution < 1.29 is 12.6 Å². The number of aromatic nitrogens is 3. The standard InChI is InChI=1S/C25H24N6O3S/c1-3-10-18-15-16-21(17-22(18)35(32,33)34-2)28-25-30-23(26-19-11-6-4-7-12-19)29-24(31-25)27-20-13-8-5-9-14-20/h3-17H,1-2H3,(H3,26,27,28,29,30,31)/b10-3+. The van der Waals surface area contributed by atoms with Crippen LogP contribution in [0.25, 0.3) is 6.08 Å². The third-order valence-electron chi connectivity index (χ3n) is 4.80. The van der Waals surface area contributed by atoms with E-state index in [2.05, 4.69) is 30.9 Å². The third kappa shape index (κ3) is 6.19. The molecule has 0 atom stereocenters. The average Bonchev–Trinajstić information content (AvgIpc) is 2.86. The molecule has 0 amide bonds. The smallest absolute Gasteiger partial charge is 0.297 e. The number of benzene rings is 3. The largest absolute Gasteiger partial charge is 0.324 e. The highest BCUT2D eigenvalue weighted by Gasteiger charge is 2.18. The van der Waals surface area contributed by atoms with Crippen molar-refractivity contribution in [3.8, 4) is 0 Å². The quantitative estimate of drug-likeness (QED) is 0.264. The number of hydrogen-bond donors (Lipinski definition) is 3. The fourth-order valence-corrected chi connectivity index (χ4v) is 4.09. The second kappa shape index (κ2) is 10.8. The molecule has 0 unspecified atom stereocenters. The van der Waals surface area contributed by atoms with Gasteiger partial charge >= 0.3 is 0 Å². The van der Waals surface area contributed by atoms with Gasteiger partial charge < -0.3 is 16.0 Å². The number of rotatable bonds is 9. The molecule has 0 spiro atoms. The van der Waals surface area contributed by atoms with E-state index in [-0.39, 0.29) is 10.8 Å². The van der Waals surface area contributed by atoms with Crippen molar-refractivity contribution in [1.29, 1.82) is 0 Å². The zero-order valence-corrected chi connectivity index (χ0v) is 20.0. The summed E-state index contributed by atoms with van der Waals surface area (Å²) in [6.45, 7) is 1.81. The highest BCUT2D eigenvalue weighted by Crippen LogP contribution is 2.26. The van der Waals surface area contributed by atoms with Crippen LogP contribution in [-0.2, 0) is 14.3 Å². The van der Waals surface area contributed by atoms with Gasteiger partial charge in [-0.15, -0.1) is 0 Å². The molecule has 0 aliphatic rings. The molecule has 0 radical (unpaired) electrons. The fourth-order valence-electron chi connectivity index (χ4n) is 3.21. The maximum atomic E-state index is 12.5. The Bertz CT molecular complexity index is 1370. The molecule has 3 N–H and O–H groups in total. The van der Waals surface area contributed by atoms with Gasteiger partial charge in [-0.1, -0.05) is 54.6 Å². The van der Waals surface area contributed by atoms with Crippen molar-refractivity contribution in [2.75, 3.05) is 23.1 Å². The Morgan fingerprint density at radius 2 is 1.20 bits per heavy atom. The van der Waals surface area contributed by atoms with E-state index in [1.807, 2.05) is 67.6 Å². The summed E-state index contributed by atoms with van der Waals surface area (Å²) in [6, 6.07) is 23.9. The van der Waals surface area contributed by atoms with Crippen LogP contribution < -0.4 is 16.0 Å². The summed E-state index contributed by atoms with van der Waals surface area (Å²) in [4.78, 5) is 13.4. The third-order valence-corrected chi connectivity index (χ3v) is 6.13. The lowest BCUT2D eigenvalue weighted by Gasteiger charge is -2.13. The second-order valence-corrected chi connectivity index (χ2v) is 8.97. The van der Waals surface area contributed by atoms with Gasteiger partial charge in [0.25, 0.3) is 10.1 Å². The number of nitrogens with one attached hydrogen (secondary N) is 3. The maximum absolute atomic E-state index is 12.5. The van der Waals surface area contributed by atoms with Crippen molar-refractivity contribution in [3.05, 3.63) is 90.5 Å². The Morgan fingerprint density at radius 3 is 1.66 bits per heavy atom. The summed E-state index contributed by atoms with van der Waals surface area (Å²) in [7, 11) is -2.80. The number of anilines is 6. The van der Waals surface area contributed by atoms with Gasteiger partial charge in [-0.3, -0.25) is 4.18 Å². The molecule has 0 bridgehead atoms. The fraction of sp³-hybridized carbons (Fsp3) is 0.0800. The first-order valence-electron chi connectivity index (χ1n) is 10.7. The van der Waals surface area contributed by atoms with E-state index in [0.29, 0.717) is 23.1 Å². The highest BCUT2D eigenvalue weighted by molar-refractivity contribution is 7.86. The maximum Gasteiger partial charge on any atom is 0.297 e. The minimum absolute atomic E-state index is 0.0300. The van der Waals surface area contributed by atoms with Crippen LogP contribution in [0.2, 0.25) is 0 Å². The Hall–Kier alpha value is -4.28. The minimum atomic E-state index is -3.93. The molecule has 3 aromatic carbocycles. The number of allylic oxidation sites excluding steroid dienone is 1. The Labute approximate surface area is 204 Å². The van der Waals surface area contributed by atoms with Gasteiger partial charge in [-0.05, 0) is 48.9 Å². The van der Waals surface area contributed by atoms with Crippen molar-refractivity contribution in [1.82, 2.24) is 15.0 Å². The predicted molar refractivity (Wildman–Crippen MR) is 138 cm³/mol. The molecular weight excluding hydrogens is 464 g/mol. The highest BCUT2D eigenvalue weighted by atomic mass is 32.2. The summed E-state index contributed by atoms with van der Waals surface area (Å²) >= 11 is 0. The van der Waals surface area contributed by atoms with Crippen LogP contribution in [0.15, 0.2) is 89.8 Å². The van der Waals surface area contributed by atoms with Gasteiger partial charge in [-0.25, -0.2) is 0 Å². The summed E-state index contributed by atoms with van der Waals surface area (Å²) in [5, 5.41) is 9.40. The van der Waals surface area contributed by atoms with Gasteiger partial charge in [0.15, 0.2) is 0 Å². The molecule has 0 saturated heterocycles. The van der Waals surface area contributed by atoms with E-state index < -0.39 is 10.1 Å². The summed E-state index contributed by atoms with van der Waals surface area (Å²) in [6.07, 6.45) is 3.45. The topological polar surface area (TPSA) is 118 Å². The van der Waals surface area contributed by atoms with Crippen LogP contribution in [0.5, 0.6) is 0 Å². The van der Waals surface area contributed by atoms with Crippen LogP contribution in [0.4, 0.5) is 34.9 Å². The average molecular weight is 489 g/mol. The normalized spacial score (nSPS) is 11.4. The van der Waals surface area contributed by atoms with Crippen LogP contribution in [0.3, 0.4) is 0 Å². The SMILES string of the molecule is C/C=C/c1ccc(Nc2nc(Nc3ccccc3)nc(Nc3ccccc3)n2)cc1S(=O)(=O)OC. The summed E-state index contributed by atoms with van der Waals surface area (Å²) < 4.78 is 29.7. The Balaban J connectivity index is 1.71. The molecule has 4 rings (SSSR count). The van der Waals surface area contributed by atoms with Crippen LogP contribution in [-0.4, -0.2) is 30.5 Å². The first-order chi connectivity index (χ1) is 17.0. The van der Waals surface area contributed by atoms with Gasteiger partial charge in [0, 0.05) is 17.1 Å². The van der Waals surface area contributed by atoms with E-state index in [9.17, 15) is 8.42 Å². The van der Waals surface area contributed by atoms with Crippen molar-refractivity contribution in [2.45, 2.75) is 11.8 Å². The monoisotopic (exact) mass is 488 g/mol. The molecule has 0 aliphatic carbocycles. The Kier molecular flexibility index (Phi) is 7.34. The Morgan fingerprint density at radius 1 is 0.714 bits per heavy atom. The lowest BCUT2D eigenvalue weighted by Crippen LogP contribution is -2.09. The number of nitrogens with zero attached hydrogens (tertiary/aromatic N) is 3. The van der Waals surface area contributed by atoms with Crippen LogP contribution >= 0.6 is 0 Å². The number of para-hydroxylation sites is 2. The first-order valence-corrected chi connectivity index (χ1v) is 12.1. The first kappa shape index (κ1) is 23.9. The van der Waals surface area contributed by atoms with Crippen molar-refractivity contribution in [2.24, 2.45) is 0 Å². The molecule has 9 nitrogen and oxygen atoms in total. The van der Waals surface area contributed by atoms with Crippen LogP contribution in [0, 0.1) is 0 Å². The lowest BCUT2D eigenvalue weighted by molar-refractivity contribution is 0.397. The van der Waals surface area contributed by atoms with Gasteiger partial charge in [-0.2, -0.15) is 23.4 Å². The lowest BCUT2D eigenvalue weighted by atomic mass is 10.2. The molecule has 4 aromatic rings. The van der Waals surface area contributed by atoms with E-state index in [1.54, 1.807) is 24.3 Å². The summed E-state index contributed by atoms with van der Waals surface area (Å²) in [5.74, 6) is 0.834. The number of hydrogen-bond acceptors (Lipinski definition) is 9. The molecule has 178 valence electrons. The molecular formula is C25H24N6O3S. The van der Waals surface area contributed by atoms with Crippen LogP contribution in [0.1, 0.15) is 12.5 Å². The second-order valence-electron chi connectivity index (χ2n) is 7.29. The van der Waals surface area contributed by atoms with Crippen molar-refractivity contribution in [3.63, 3.8) is 0 Å². The molecule has 0 aliphatic heterocycles. The molecule has 0 saturated carbocycles. The minimum Gasteiger partial charge on any atom is -0.324 e. The van der Waals surface area contributed by atoms with Crippen molar-refractivity contribution >= 4 is 51.1 Å². The molecule has 1 aromatic heterocycles. The zero-order valence-electron chi connectivity index (χ0n) is 19.1. The molecule has 1 heterocycles.